The Morgan fingerprint density at radius 2 is 0.642 bits per heavy atom. The van der Waals surface area contributed by atoms with Crippen LogP contribution in [-0.2, 0) is 0 Å². The monoisotopic (exact) mass is 675 g/mol. The minimum atomic E-state index is 1.10. The molecule has 0 amide bonds. The van der Waals surface area contributed by atoms with Crippen LogP contribution < -0.4 is 4.90 Å². The normalized spacial score (nSPS) is 11.0. The summed E-state index contributed by atoms with van der Waals surface area (Å²) in [6.07, 6.45) is 0. The molecule has 0 fully saturated rings. The van der Waals surface area contributed by atoms with Crippen LogP contribution in [-0.4, -0.2) is 0 Å². The van der Waals surface area contributed by atoms with Crippen LogP contribution in [0.4, 0.5) is 17.1 Å². The van der Waals surface area contributed by atoms with Crippen LogP contribution in [0.25, 0.3) is 66.4 Å². The minimum absolute atomic E-state index is 1.10. The van der Waals surface area contributed by atoms with E-state index in [4.69, 9.17) is 0 Å². The average Bonchev–Trinajstić information content (AvgIpc) is 3.25. The molecule has 0 spiro atoms. The maximum atomic E-state index is 2.40. The van der Waals surface area contributed by atoms with E-state index in [9.17, 15) is 0 Å². The van der Waals surface area contributed by atoms with Crippen LogP contribution in [0, 0.1) is 0 Å². The van der Waals surface area contributed by atoms with E-state index in [0.29, 0.717) is 0 Å². The highest BCUT2D eigenvalue weighted by atomic mass is 15.1. The number of anilines is 3. The number of fused-ring (bicyclic) bond motifs is 1. The number of rotatable bonds is 8. The third-order valence-electron chi connectivity index (χ3n) is 10.1. The van der Waals surface area contributed by atoms with Gasteiger partial charge < -0.3 is 4.90 Å². The van der Waals surface area contributed by atoms with Crippen molar-refractivity contribution in [3.63, 3.8) is 0 Å². The van der Waals surface area contributed by atoms with Gasteiger partial charge in [0.15, 0.2) is 0 Å². The molecule has 0 N–H and O–H groups in total. The van der Waals surface area contributed by atoms with E-state index in [1.54, 1.807) is 0 Å². The summed E-state index contributed by atoms with van der Waals surface area (Å²) in [7, 11) is 0. The van der Waals surface area contributed by atoms with Crippen molar-refractivity contribution in [3.8, 4) is 55.6 Å². The molecule has 0 aliphatic heterocycles. The van der Waals surface area contributed by atoms with Crippen molar-refractivity contribution in [2.45, 2.75) is 0 Å². The van der Waals surface area contributed by atoms with Gasteiger partial charge in [0, 0.05) is 16.9 Å². The first-order valence-electron chi connectivity index (χ1n) is 18.2. The Morgan fingerprint density at radius 1 is 0.245 bits per heavy atom. The van der Waals surface area contributed by atoms with Crippen molar-refractivity contribution >= 4 is 27.8 Å². The van der Waals surface area contributed by atoms with Gasteiger partial charge in [0.05, 0.1) is 5.69 Å². The number of hydrogen-bond donors (Lipinski definition) is 0. The molecule has 0 saturated carbocycles. The molecule has 0 bridgehead atoms. The molecule has 9 rings (SSSR count). The van der Waals surface area contributed by atoms with Crippen molar-refractivity contribution in [2.75, 3.05) is 4.90 Å². The maximum Gasteiger partial charge on any atom is 0.0540 e. The van der Waals surface area contributed by atoms with E-state index in [-0.39, 0.29) is 0 Å². The molecule has 0 heterocycles. The Bertz CT molecular complexity index is 2600. The molecule has 0 radical (unpaired) electrons. The molecule has 9 aromatic carbocycles. The molecule has 0 atom stereocenters. The summed E-state index contributed by atoms with van der Waals surface area (Å²) in [5.74, 6) is 0. The average molecular weight is 676 g/mol. The molecular formula is C52H37N. The first kappa shape index (κ1) is 32.0. The zero-order valence-corrected chi connectivity index (χ0v) is 29.3. The van der Waals surface area contributed by atoms with Crippen LogP contribution in [0.15, 0.2) is 224 Å². The highest BCUT2D eigenvalue weighted by Crippen LogP contribution is 2.44. The van der Waals surface area contributed by atoms with E-state index >= 15 is 0 Å². The van der Waals surface area contributed by atoms with Crippen molar-refractivity contribution < 1.29 is 0 Å². The predicted octanol–water partition coefficient (Wildman–Crippen LogP) is 14.6. The molecule has 0 saturated heterocycles. The molecule has 9 aromatic rings. The minimum Gasteiger partial charge on any atom is -0.310 e. The highest BCUT2D eigenvalue weighted by Gasteiger charge is 2.19. The zero-order chi connectivity index (χ0) is 35.4. The van der Waals surface area contributed by atoms with Crippen molar-refractivity contribution in [1.29, 1.82) is 0 Å². The Hall–Kier alpha value is -6.96. The van der Waals surface area contributed by atoms with Crippen molar-refractivity contribution in [1.82, 2.24) is 0 Å². The number of nitrogens with zero attached hydrogens (tertiary/aromatic N) is 1. The van der Waals surface area contributed by atoms with Gasteiger partial charge in [-0.25, -0.2) is 0 Å². The van der Waals surface area contributed by atoms with Gasteiger partial charge in [0.1, 0.15) is 0 Å². The van der Waals surface area contributed by atoms with E-state index in [2.05, 4.69) is 229 Å². The highest BCUT2D eigenvalue weighted by molar-refractivity contribution is 5.97. The topological polar surface area (TPSA) is 3.24 Å². The van der Waals surface area contributed by atoms with Crippen LogP contribution >= 0.6 is 0 Å². The third kappa shape index (κ3) is 6.53. The van der Waals surface area contributed by atoms with E-state index < -0.39 is 0 Å². The Morgan fingerprint density at radius 3 is 1.23 bits per heavy atom. The SMILES string of the molecule is c1ccc(-c2ccc(-c3ccc(N(c4ccc(-c5ccccc5)cc4)c4ccc(-c5cccc6ccccc56)cc4)c(-c4ccccc4)c3)cc2)cc1. The molecule has 0 unspecified atom stereocenters. The van der Waals surface area contributed by atoms with Crippen LogP contribution in [0.3, 0.4) is 0 Å². The molecule has 0 aromatic heterocycles. The second-order valence-corrected chi connectivity index (χ2v) is 13.4. The van der Waals surface area contributed by atoms with Gasteiger partial charge in [0.25, 0.3) is 0 Å². The Balaban J connectivity index is 1.17. The Kier molecular flexibility index (Phi) is 8.66. The third-order valence-corrected chi connectivity index (χ3v) is 10.1. The summed E-state index contributed by atoms with van der Waals surface area (Å²) in [6, 6.07) is 80.8. The lowest BCUT2D eigenvalue weighted by Crippen LogP contribution is -2.11. The maximum absolute atomic E-state index is 2.40. The smallest absolute Gasteiger partial charge is 0.0540 e. The second-order valence-electron chi connectivity index (χ2n) is 13.4. The fourth-order valence-electron chi connectivity index (χ4n) is 7.37. The summed E-state index contributed by atoms with van der Waals surface area (Å²) in [6.45, 7) is 0. The standard InChI is InChI=1S/C52H37N/c1-4-13-38(14-5-1)40-23-25-42(26-24-40)46-31-36-52(51(37-46)44-17-8-3-9-18-44)53(47-32-27-41(28-33-47)39-15-6-2-7-16-39)48-34-29-45(30-35-48)50-22-12-20-43-19-10-11-21-49(43)50/h1-37H. The van der Waals surface area contributed by atoms with Gasteiger partial charge in [-0.2, -0.15) is 0 Å². The lowest BCUT2D eigenvalue weighted by Gasteiger charge is -2.29. The summed E-state index contributed by atoms with van der Waals surface area (Å²) >= 11 is 0. The first-order chi connectivity index (χ1) is 26.3. The molecule has 0 aliphatic carbocycles. The number of benzene rings is 9. The fourth-order valence-corrected chi connectivity index (χ4v) is 7.37. The van der Waals surface area contributed by atoms with Crippen LogP contribution in [0.1, 0.15) is 0 Å². The molecule has 250 valence electrons. The summed E-state index contributed by atoms with van der Waals surface area (Å²) < 4.78 is 0. The van der Waals surface area contributed by atoms with Gasteiger partial charge in [-0.05, 0) is 97.2 Å². The van der Waals surface area contributed by atoms with E-state index in [1.807, 2.05) is 0 Å². The van der Waals surface area contributed by atoms with E-state index in [1.165, 1.54) is 66.4 Å². The van der Waals surface area contributed by atoms with Crippen LogP contribution in [0.5, 0.6) is 0 Å². The van der Waals surface area contributed by atoms with Crippen molar-refractivity contribution in [2.24, 2.45) is 0 Å². The summed E-state index contributed by atoms with van der Waals surface area (Å²) in [5.41, 5.74) is 15.3. The molecule has 1 nitrogen and oxygen atoms in total. The quantitative estimate of drug-likeness (QED) is 0.155. The molecule has 53 heavy (non-hydrogen) atoms. The van der Waals surface area contributed by atoms with Gasteiger partial charge >= 0.3 is 0 Å². The molecule has 0 aliphatic rings. The van der Waals surface area contributed by atoms with E-state index in [0.717, 1.165) is 17.1 Å². The van der Waals surface area contributed by atoms with Crippen LogP contribution in [0.2, 0.25) is 0 Å². The Labute approximate surface area is 311 Å². The van der Waals surface area contributed by atoms with Gasteiger partial charge in [-0.15, -0.1) is 0 Å². The van der Waals surface area contributed by atoms with Gasteiger partial charge in [-0.3, -0.25) is 0 Å². The summed E-state index contributed by atoms with van der Waals surface area (Å²) in [5, 5.41) is 2.51. The lowest BCUT2D eigenvalue weighted by molar-refractivity contribution is 1.28. The molecular weight excluding hydrogens is 639 g/mol. The largest absolute Gasteiger partial charge is 0.310 e. The van der Waals surface area contributed by atoms with Gasteiger partial charge in [-0.1, -0.05) is 188 Å². The van der Waals surface area contributed by atoms with Gasteiger partial charge in [0.2, 0.25) is 0 Å². The second kappa shape index (κ2) is 14.3. The first-order valence-corrected chi connectivity index (χ1v) is 18.2. The molecule has 1 heteroatoms. The van der Waals surface area contributed by atoms with Crippen molar-refractivity contribution in [3.05, 3.63) is 224 Å². The summed E-state index contributed by atoms with van der Waals surface area (Å²) in [4.78, 5) is 2.40. The lowest BCUT2D eigenvalue weighted by atomic mass is 9.94. The zero-order valence-electron chi connectivity index (χ0n) is 29.3. The predicted molar refractivity (Wildman–Crippen MR) is 226 cm³/mol. The number of hydrogen-bond acceptors (Lipinski definition) is 1. The fraction of sp³-hybridized carbons (Fsp3) is 0.